The zero-order chi connectivity index (χ0) is 19.5. The van der Waals surface area contributed by atoms with E-state index in [2.05, 4.69) is 12.1 Å². The third-order valence-electron chi connectivity index (χ3n) is 5.51. The maximum Gasteiger partial charge on any atom is 0.260 e. The van der Waals surface area contributed by atoms with Crippen LogP contribution in [0.15, 0.2) is 54.6 Å². The fourth-order valence-electron chi connectivity index (χ4n) is 3.98. The molecule has 4 rings (SSSR count). The van der Waals surface area contributed by atoms with Gasteiger partial charge in [-0.05, 0) is 24.1 Å². The van der Waals surface area contributed by atoms with E-state index in [4.69, 9.17) is 10.5 Å². The lowest BCUT2D eigenvalue weighted by atomic mass is 9.95. The van der Waals surface area contributed by atoms with E-state index < -0.39 is 0 Å². The summed E-state index contributed by atoms with van der Waals surface area (Å²) in [6, 6.07) is 17.4. The highest BCUT2D eigenvalue weighted by Gasteiger charge is 2.33. The fraction of sp³-hybridized carbons (Fsp3) is 0.364. The van der Waals surface area contributed by atoms with E-state index >= 15 is 0 Å². The van der Waals surface area contributed by atoms with Crippen LogP contribution in [-0.2, 0) is 9.59 Å². The Morgan fingerprint density at radius 1 is 1.11 bits per heavy atom. The summed E-state index contributed by atoms with van der Waals surface area (Å²) < 4.78 is 5.72. The number of hydrogen-bond donors (Lipinski definition) is 1. The van der Waals surface area contributed by atoms with Crippen molar-refractivity contribution in [1.29, 1.82) is 0 Å². The first-order valence-electron chi connectivity index (χ1n) is 9.73. The highest BCUT2D eigenvalue weighted by molar-refractivity contribution is 5.95. The molecule has 2 aliphatic rings. The normalized spacial score (nSPS) is 22.0. The zero-order valence-corrected chi connectivity index (χ0v) is 15.8. The number of amides is 2. The minimum Gasteiger partial charge on any atom is -0.484 e. The first kappa shape index (κ1) is 18.5. The van der Waals surface area contributed by atoms with Gasteiger partial charge in [-0.3, -0.25) is 9.59 Å². The first-order valence-corrected chi connectivity index (χ1v) is 9.73. The molecule has 2 fully saturated rings. The van der Waals surface area contributed by atoms with Crippen molar-refractivity contribution in [2.75, 3.05) is 31.1 Å². The van der Waals surface area contributed by atoms with Gasteiger partial charge in [-0.1, -0.05) is 36.4 Å². The summed E-state index contributed by atoms with van der Waals surface area (Å²) in [5.74, 6) is 0.797. The third kappa shape index (κ3) is 3.87. The lowest BCUT2D eigenvalue weighted by molar-refractivity contribution is -0.132. The van der Waals surface area contributed by atoms with Gasteiger partial charge in [0.05, 0.1) is 0 Å². The molecule has 0 unspecified atom stereocenters. The van der Waals surface area contributed by atoms with Gasteiger partial charge in [-0.15, -0.1) is 0 Å². The van der Waals surface area contributed by atoms with E-state index in [1.807, 2.05) is 36.4 Å². The fourth-order valence-corrected chi connectivity index (χ4v) is 3.98. The second kappa shape index (κ2) is 8.02. The number of anilines is 1. The molecule has 2 atom stereocenters. The number of rotatable bonds is 5. The Morgan fingerprint density at radius 3 is 2.68 bits per heavy atom. The molecule has 0 saturated carbocycles. The Balaban J connectivity index is 1.35. The maximum atomic E-state index is 12.6. The lowest BCUT2D eigenvalue weighted by Gasteiger charge is -2.18. The summed E-state index contributed by atoms with van der Waals surface area (Å²) >= 11 is 0. The molecule has 6 nitrogen and oxygen atoms in total. The number of benzene rings is 2. The molecule has 2 aromatic carbocycles. The largest absolute Gasteiger partial charge is 0.484 e. The quantitative estimate of drug-likeness (QED) is 0.864. The Morgan fingerprint density at radius 2 is 1.93 bits per heavy atom. The van der Waals surface area contributed by atoms with Crippen molar-refractivity contribution < 1.29 is 14.3 Å². The monoisotopic (exact) mass is 379 g/mol. The van der Waals surface area contributed by atoms with Gasteiger partial charge < -0.3 is 20.3 Å². The van der Waals surface area contributed by atoms with Crippen LogP contribution in [0.25, 0.3) is 0 Å². The number of ether oxygens (including phenoxy) is 1. The molecule has 2 heterocycles. The van der Waals surface area contributed by atoms with Gasteiger partial charge >= 0.3 is 0 Å². The van der Waals surface area contributed by atoms with Crippen LogP contribution in [0.1, 0.15) is 24.3 Å². The minimum absolute atomic E-state index is 0.0361. The summed E-state index contributed by atoms with van der Waals surface area (Å²) in [7, 11) is 0. The van der Waals surface area contributed by atoms with Gasteiger partial charge in [-0.25, -0.2) is 0 Å². The summed E-state index contributed by atoms with van der Waals surface area (Å²) in [6.45, 7) is 1.83. The van der Waals surface area contributed by atoms with Gasteiger partial charge in [0, 0.05) is 49.8 Å². The molecule has 0 aliphatic carbocycles. The van der Waals surface area contributed by atoms with Crippen LogP contribution >= 0.6 is 0 Å². The van der Waals surface area contributed by atoms with Crippen molar-refractivity contribution in [1.82, 2.24) is 4.90 Å². The van der Waals surface area contributed by atoms with Crippen LogP contribution in [-0.4, -0.2) is 49.0 Å². The van der Waals surface area contributed by atoms with E-state index in [0.29, 0.717) is 25.3 Å². The van der Waals surface area contributed by atoms with Crippen LogP contribution in [0.2, 0.25) is 0 Å². The number of carbonyl (C=O) groups is 2. The Labute approximate surface area is 164 Å². The second-order valence-electron chi connectivity index (χ2n) is 7.41. The average Bonchev–Trinajstić information content (AvgIpc) is 3.32. The summed E-state index contributed by atoms with van der Waals surface area (Å²) in [4.78, 5) is 28.1. The number of nitrogens with zero attached hydrogens (tertiary/aromatic N) is 2. The molecule has 2 aromatic rings. The average molecular weight is 379 g/mol. The third-order valence-corrected chi connectivity index (χ3v) is 5.51. The number of likely N-dealkylation sites (tertiary alicyclic amines) is 1. The molecular weight excluding hydrogens is 354 g/mol. The molecule has 28 heavy (non-hydrogen) atoms. The highest BCUT2D eigenvalue weighted by atomic mass is 16.5. The van der Waals surface area contributed by atoms with Crippen molar-refractivity contribution in [2.45, 2.75) is 24.8 Å². The van der Waals surface area contributed by atoms with E-state index in [-0.39, 0.29) is 30.4 Å². The topological polar surface area (TPSA) is 75.9 Å². The molecule has 0 radical (unpaired) electrons. The molecule has 2 N–H and O–H groups in total. The Kier molecular flexibility index (Phi) is 5.30. The summed E-state index contributed by atoms with van der Waals surface area (Å²) in [6.07, 6.45) is 1.46. The highest BCUT2D eigenvalue weighted by Crippen LogP contribution is 2.27. The first-order chi connectivity index (χ1) is 13.6. The van der Waals surface area contributed by atoms with Crippen molar-refractivity contribution >= 4 is 17.5 Å². The molecule has 2 saturated heterocycles. The summed E-state index contributed by atoms with van der Waals surface area (Å²) in [5.41, 5.74) is 8.26. The summed E-state index contributed by atoms with van der Waals surface area (Å²) in [5, 5.41) is 0. The predicted molar refractivity (Wildman–Crippen MR) is 107 cm³/mol. The van der Waals surface area contributed by atoms with E-state index in [1.165, 1.54) is 0 Å². The van der Waals surface area contributed by atoms with E-state index in [9.17, 15) is 9.59 Å². The molecule has 2 aliphatic heterocycles. The number of hydrogen-bond acceptors (Lipinski definition) is 4. The molecular formula is C22H25N3O3. The Hall–Kier alpha value is -2.86. The standard InChI is InChI=1S/C22H25N3O3/c23-20-14-24(13-19(20)16-6-2-1-3-7-16)22(27)15-28-18-9-4-8-17(12-18)25-11-5-10-21(25)26/h1-4,6-9,12,19-20H,5,10-11,13-15,23H2/t19-,20+/m0/s1. The van der Waals surface area contributed by atoms with E-state index in [0.717, 1.165) is 24.2 Å². The second-order valence-corrected chi connectivity index (χ2v) is 7.41. The van der Waals surface area contributed by atoms with Crippen LogP contribution < -0.4 is 15.4 Å². The molecule has 0 aromatic heterocycles. The van der Waals surface area contributed by atoms with Crippen molar-refractivity contribution in [3.8, 4) is 5.75 Å². The van der Waals surface area contributed by atoms with Gasteiger partial charge in [0.1, 0.15) is 5.75 Å². The molecule has 146 valence electrons. The van der Waals surface area contributed by atoms with Crippen LogP contribution in [0.5, 0.6) is 5.75 Å². The van der Waals surface area contributed by atoms with E-state index in [1.54, 1.807) is 15.9 Å². The molecule has 0 spiro atoms. The molecule has 6 heteroatoms. The van der Waals surface area contributed by atoms with Gasteiger partial charge in [0.15, 0.2) is 6.61 Å². The lowest BCUT2D eigenvalue weighted by Crippen LogP contribution is -2.35. The number of nitrogens with two attached hydrogens (primary N) is 1. The van der Waals surface area contributed by atoms with Crippen molar-refractivity contribution in [3.05, 3.63) is 60.2 Å². The SMILES string of the molecule is N[C@@H]1CN(C(=O)COc2cccc(N3CCCC3=O)c2)C[C@H]1c1ccccc1. The van der Waals surface area contributed by atoms with Gasteiger partial charge in [-0.2, -0.15) is 0 Å². The van der Waals surface area contributed by atoms with Gasteiger partial charge in [0.2, 0.25) is 5.91 Å². The smallest absolute Gasteiger partial charge is 0.260 e. The van der Waals surface area contributed by atoms with Crippen LogP contribution in [0.4, 0.5) is 5.69 Å². The minimum atomic E-state index is -0.0733. The molecule has 2 amide bonds. The zero-order valence-electron chi connectivity index (χ0n) is 15.8. The van der Waals surface area contributed by atoms with Crippen molar-refractivity contribution in [2.24, 2.45) is 5.73 Å². The van der Waals surface area contributed by atoms with Gasteiger partial charge in [0.25, 0.3) is 5.91 Å². The predicted octanol–water partition coefficient (Wildman–Crippen LogP) is 2.15. The molecule has 0 bridgehead atoms. The van der Waals surface area contributed by atoms with Crippen LogP contribution in [0, 0.1) is 0 Å². The van der Waals surface area contributed by atoms with Crippen molar-refractivity contribution in [3.63, 3.8) is 0 Å². The Bertz CT molecular complexity index is 855. The number of carbonyl (C=O) groups excluding carboxylic acids is 2. The maximum absolute atomic E-state index is 12.6. The van der Waals surface area contributed by atoms with Crippen LogP contribution in [0.3, 0.4) is 0 Å².